The molecule has 0 bridgehead atoms. The summed E-state index contributed by atoms with van der Waals surface area (Å²) in [5, 5.41) is 9.08. The van der Waals surface area contributed by atoms with Crippen molar-refractivity contribution in [2.24, 2.45) is 5.73 Å². The molecule has 1 heterocycles. The largest absolute Gasteiger partial charge is 0.396 e. The van der Waals surface area contributed by atoms with Crippen molar-refractivity contribution in [1.29, 1.82) is 0 Å². The van der Waals surface area contributed by atoms with Crippen LogP contribution in [0.25, 0.3) is 0 Å². The van der Waals surface area contributed by atoms with Crippen LogP contribution in [0.15, 0.2) is 6.07 Å². The first kappa shape index (κ1) is 13.3. The van der Waals surface area contributed by atoms with Gasteiger partial charge in [0.15, 0.2) is 0 Å². The molecular weight excluding hydrogens is 253 g/mol. The maximum atomic E-state index is 9.08. The molecule has 0 saturated carbocycles. The van der Waals surface area contributed by atoms with Crippen LogP contribution in [0.5, 0.6) is 0 Å². The number of hydrogen-bond acceptors (Lipinski definition) is 3. The molecule has 0 fully saturated rings. The number of nitrogens with two attached hydrogens (primary N) is 1. The predicted octanol–water partition coefficient (Wildman–Crippen LogP) is 3.04. The van der Waals surface area contributed by atoms with Crippen molar-refractivity contribution >= 4 is 34.5 Å². The summed E-state index contributed by atoms with van der Waals surface area (Å²) in [6, 6.07) is 1.75. The third-order valence-electron chi connectivity index (χ3n) is 2.91. The average molecular weight is 268 g/mol. The fraction of sp³-hybridized carbons (Fsp3) is 0.600. The number of halogens is 2. The summed E-state index contributed by atoms with van der Waals surface area (Å²) in [5.74, 6) is 0. The van der Waals surface area contributed by atoms with E-state index < -0.39 is 0 Å². The molecule has 2 atom stereocenters. The van der Waals surface area contributed by atoms with E-state index in [1.54, 1.807) is 0 Å². The summed E-state index contributed by atoms with van der Waals surface area (Å²) < 4.78 is 1.31. The van der Waals surface area contributed by atoms with E-state index in [2.05, 4.69) is 0 Å². The summed E-state index contributed by atoms with van der Waals surface area (Å²) in [6.07, 6.45) is 0.581. The van der Waals surface area contributed by atoms with Gasteiger partial charge in [-0.1, -0.05) is 30.1 Å². The van der Waals surface area contributed by atoms with E-state index in [-0.39, 0.29) is 18.1 Å². The van der Waals surface area contributed by atoms with Crippen LogP contribution in [0.3, 0.4) is 0 Å². The first-order valence-corrected chi connectivity index (χ1v) is 6.31. The molecule has 0 radical (unpaired) electrons. The fourth-order valence-corrected chi connectivity index (χ4v) is 3.30. The van der Waals surface area contributed by atoms with Crippen molar-refractivity contribution in [1.82, 2.24) is 0 Å². The molecule has 0 amide bonds. The van der Waals surface area contributed by atoms with Gasteiger partial charge in [0.2, 0.25) is 0 Å². The van der Waals surface area contributed by atoms with Gasteiger partial charge in [-0.15, -0.1) is 11.3 Å². The highest BCUT2D eigenvalue weighted by molar-refractivity contribution is 7.20. The van der Waals surface area contributed by atoms with Gasteiger partial charge < -0.3 is 10.8 Å². The van der Waals surface area contributed by atoms with E-state index in [1.165, 1.54) is 11.3 Å². The molecule has 1 rings (SSSR count). The van der Waals surface area contributed by atoms with E-state index in [9.17, 15) is 0 Å². The lowest BCUT2D eigenvalue weighted by Gasteiger charge is -2.33. The maximum Gasteiger partial charge on any atom is 0.0982 e. The first-order valence-electron chi connectivity index (χ1n) is 4.73. The Balaban J connectivity index is 3.14. The zero-order chi connectivity index (χ0) is 11.6. The molecule has 0 saturated heterocycles. The molecule has 0 aromatic carbocycles. The van der Waals surface area contributed by atoms with Crippen LogP contribution in [0, 0.1) is 0 Å². The smallest absolute Gasteiger partial charge is 0.0982 e. The second-order valence-electron chi connectivity index (χ2n) is 3.92. The Hall–Kier alpha value is 0.200. The van der Waals surface area contributed by atoms with Crippen LogP contribution >= 0.6 is 34.5 Å². The van der Waals surface area contributed by atoms with Gasteiger partial charge in [-0.2, -0.15) is 0 Å². The van der Waals surface area contributed by atoms with Crippen LogP contribution in [0.2, 0.25) is 8.67 Å². The number of aliphatic hydroxyl groups is 1. The molecule has 1 aromatic rings. The van der Waals surface area contributed by atoms with Crippen molar-refractivity contribution in [3.8, 4) is 0 Å². The van der Waals surface area contributed by atoms with Gasteiger partial charge in [0.25, 0.3) is 0 Å². The van der Waals surface area contributed by atoms with Crippen molar-refractivity contribution in [3.63, 3.8) is 0 Å². The van der Waals surface area contributed by atoms with Crippen molar-refractivity contribution in [2.75, 3.05) is 6.61 Å². The Morgan fingerprint density at radius 3 is 2.53 bits per heavy atom. The van der Waals surface area contributed by atoms with Crippen LogP contribution in [0.1, 0.15) is 25.8 Å². The molecule has 86 valence electrons. The van der Waals surface area contributed by atoms with E-state index in [0.29, 0.717) is 15.1 Å². The van der Waals surface area contributed by atoms with Crippen LogP contribution in [0.4, 0.5) is 0 Å². The monoisotopic (exact) mass is 267 g/mol. The molecule has 15 heavy (non-hydrogen) atoms. The Kier molecular flexibility index (Phi) is 4.44. The quantitative estimate of drug-likeness (QED) is 0.881. The molecule has 1 aromatic heterocycles. The third kappa shape index (κ3) is 2.66. The Morgan fingerprint density at radius 1 is 1.60 bits per heavy atom. The number of aliphatic hydroxyl groups excluding tert-OH is 1. The third-order valence-corrected chi connectivity index (χ3v) is 4.40. The van der Waals surface area contributed by atoms with Crippen LogP contribution < -0.4 is 5.73 Å². The highest BCUT2D eigenvalue weighted by atomic mass is 35.5. The number of hydrogen-bond donors (Lipinski definition) is 2. The van der Waals surface area contributed by atoms with E-state index in [4.69, 9.17) is 34.0 Å². The second kappa shape index (κ2) is 5.02. The minimum atomic E-state index is -0.324. The van der Waals surface area contributed by atoms with Crippen molar-refractivity contribution in [3.05, 3.63) is 20.3 Å². The molecule has 3 N–H and O–H groups in total. The molecule has 0 aliphatic carbocycles. The van der Waals surface area contributed by atoms with E-state index in [1.807, 2.05) is 19.9 Å². The molecule has 2 nitrogen and oxygen atoms in total. The lowest BCUT2D eigenvalue weighted by molar-refractivity contribution is 0.230. The van der Waals surface area contributed by atoms with Crippen LogP contribution in [-0.4, -0.2) is 17.8 Å². The standard InChI is InChI=1S/C10H15Cl2NOS/c1-6(13)10(2,3-4-14)7-5-8(11)15-9(7)12/h5-6,14H,3-4,13H2,1-2H3. The number of thiophene rings is 1. The zero-order valence-electron chi connectivity index (χ0n) is 8.76. The van der Waals surface area contributed by atoms with Crippen molar-refractivity contribution < 1.29 is 5.11 Å². The first-order chi connectivity index (χ1) is 6.91. The highest BCUT2D eigenvalue weighted by Crippen LogP contribution is 2.41. The lowest BCUT2D eigenvalue weighted by Crippen LogP contribution is -2.41. The van der Waals surface area contributed by atoms with Crippen molar-refractivity contribution in [2.45, 2.75) is 31.7 Å². The summed E-state index contributed by atoms with van der Waals surface area (Å²) in [7, 11) is 0. The van der Waals surface area contributed by atoms with Gasteiger partial charge in [0.1, 0.15) is 0 Å². The Labute approximate surface area is 104 Å². The summed E-state index contributed by atoms with van der Waals surface area (Å²) in [6.45, 7) is 4.00. The SMILES string of the molecule is CC(N)C(C)(CCO)c1cc(Cl)sc1Cl. The van der Waals surface area contributed by atoms with Gasteiger partial charge >= 0.3 is 0 Å². The number of rotatable bonds is 4. The normalized spacial score (nSPS) is 17.5. The average Bonchev–Trinajstić information content (AvgIpc) is 2.45. The lowest BCUT2D eigenvalue weighted by atomic mass is 9.76. The molecule has 0 aliphatic rings. The molecule has 2 unspecified atom stereocenters. The summed E-state index contributed by atoms with van der Waals surface area (Å²) in [5.41, 5.74) is 6.57. The molecule has 0 spiro atoms. The maximum absolute atomic E-state index is 9.08. The van der Waals surface area contributed by atoms with E-state index >= 15 is 0 Å². The second-order valence-corrected chi connectivity index (χ2v) is 6.20. The highest BCUT2D eigenvalue weighted by Gasteiger charge is 2.33. The summed E-state index contributed by atoms with van der Waals surface area (Å²) in [4.78, 5) is 0. The Morgan fingerprint density at radius 2 is 2.20 bits per heavy atom. The topological polar surface area (TPSA) is 46.2 Å². The fourth-order valence-electron chi connectivity index (χ4n) is 1.57. The van der Waals surface area contributed by atoms with Gasteiger partial charge in [-0.05, 0) is 25.0 Å². The zero-order valence-corrected chi connectivity index (χ0v) is 11.1. The molecular formula is C10H15Cl2NOS. The Bertz CT molecular complexity index is 340. The van der Waals surface area contributed by atoms with E-state index in [0.717, 1.165) is 5.56 Å². The predicted molar refractivity (Wildman–Crippen MR) is 67.0 cm³/mol. The van der Waals surface area contributed by atoms with Gasteiger partial charge in [0, 0.05) is 18.1 Å². The van der Waals surface area contributed by atoms with Gasteiger partial charge in [-0.25, -0.2) is 0 Å². The van der Waals surface area contributed by atoms with Gasteiger partial charge in [0.05, 0.1) is 8.67 Å². The minimum absolute atomic E-state index is 0.0852. The van der Waals surface area contributed by atoms with Gasteiger partial charge in [-0.3, -0.25) is 0 Å². The minimum Gasteiger partial charge on any atom is -0.396 e. The van der Waals surface area contributed by atoms with Crippen LogP contribution in [-0.2, 0) is 5.41 Å². The molecule has 5 heteroatoms. The molecule has 0 aliphatic heterocycles. The summed E-state index contributed by atoms with van der Waals surface area (Å²) >= 11 is 13.3.